The molecule has 1 aliphatic rings. The molecule has 3 rings (SSSR count). The SMILES string of the molecule is CC1CC(=O)N(CC(O)c2cccc3ccccc23)C1=O. The van der Waals surface area contributed by atoms with Gasteiger partial charge < -0.3 is 5.11 Å². The lowest BCUT2D eigenvalue weighted by atomic mass is 10.00. The summed E-state index contributed by atoms with van der Waals surface area (Å²) in [7, 11) is 0. The lowest BCUT2D eigenvalue weighted by Gasteiger charge is -2.20. The molecule has 2 unspecified atom stereocenters. The predicted octanol–water partition coefficient (Wildman–Crippen LogP) is 2.27. The first-order valence-corrected chi connectivity index (χ1v) is 7.08. The highest BCUT2D eigenvalue weighted by atomic mass is 16.3. The molecule has 2 amide bonds. The number of imide groups is 1. The highest BCUT2D eigenvalue weighted by Crippen LogP contribution is 2.27. The van der Waals surface area contributed by atoms with Gasteiger partial charge in [-0.3, -0.25) is 14.5 Å². The summed E-state index contributed by atoms with van der Waals surface area (Å²) in [4.78, 5) is 24.9. The van der Waals surface area contributed by atoms with Gasteiger partial charge in [0, 0.05) is 12.3 Å². The molecule has 0 aromatic heterocycles. The highest BCUT2D eigenvalue weighted by Gasteiger charge is 2.36. The van der Waals surface area contributed by atoms with Crippen molar-refractivity contribution in [3.05, 3.63) is 48.0 Å². The highest BCUT2D eigenvalue weighted by molar-refractivity contribution is 6.03. The topological polar surface area (TPSA) is 57.6 Å². The molecule has 2 aromatic carbocycles. The van der Waals surface area contributed by atoms with Crippen molar-refractivity contribution in [3.63, 3.8) is 0 Å². The second-order valence-corrected chi connectivity index (χ2v) is 5.53. The Labute approximate surface area is 123 Å². The lowest BCUT2D eigenvalue weighted by Crippen LogP contribution is -2.34. The van der Waals surface area contributed by atoms with Gasteiger partial charge in [0.1, 0.15) is 0 Å². The van der Waals surface area contributed by atoms with Gasteiger partial charge in [-0.2, -0.15) is 0 Å². The summed E-state index contributed by atoms with van der Waals surface area (Å²) in [5, 5.41) is 12.4. The van der Waals surface area contributed by atoms with Crippen molar-refractivity contribution in [2.24, 2.45) is 5.92 Å². The zero-order valence-electron chi connectivity index (χ0n) is 11.8. The zero-order valence-corrected chi connectivity index (χ0v) is 11.8. The van der Waals surface area contributed by atoms with Crippen molar-refractivity contribution >= 4 is 22.6 Å². The summed E-state index contributed by atoms with van der Waals surface area (Å²) in [6, 6.07) is 13.4. The number of aliphatic hydroxyl groups is 1. The van der Waals surface area contributed by atoms with Crippen molar-refractivity contribution in [1.29, 1.82) is 0 Å². The van der Waals surface area contributed by atoms with E-state index in [1.165, 1.54) is 4.90 Å². The molecule has 108 valence electrons. The van der Waals surface area contributed by atoms with E-state index in [4.69, 9.17) is 0 Å². The monoisotopic (exact) mass is 283 g/mol. The number of carbonyl (C=O) groups excluding carboxylic acids is 2. The van der Waals surface area contributed by atoms with Crippen molar-refractivity contribution < 1.29 is 14.7 Å². The van der Waals surface area contributed by atoms with Crippen LogP contribution in [0.25, 0.3) is 10.8 Å². The van der Waals surface area contributed by atoms with Crippen molar-refractivity contribution in [3.8, 4) is 0 Å². The van der Waals surface area contributed by atoms with E-state index in [0.29, 0.717) is 0 Å². The smallest absolute Gasteiger partial charge is 0.232 e. The van der Waals surface area contributed by atoms with Gasteiger partial charge >= 0.3 is 0 Å². The molecule has 0 radical (unpaired) electrons. The molecule has 21 heavy (non-hydrogen) atoms. The largest absolute Gasteiger partial charge is 0.387 e. The number of amides is 2. The number of fused-ring (bicyclic) bond motifs is 1. The van der Waals surface area contributed by atoms with E-state index in [9.17, 15) is 14.7 Å². The van der Waals surface area contributed by atoms with Crippen LogP contribution >= 0.6 is 0 Å². The minimum atomic E-state index is -0.866. The number of likely N-dealkylation sites (tertiary alicyclic amines) is 1. The summed E-state index contributed by atoms with van der Waals surface area (Å²) < 4.78 is 0. The molecule has 2 aromatic rings. The third-order valence-electron chi connectivity index (χ3n) is 4.01. The summed E-state index contributed by atoms with van der Waals surface area (Å²) in [6.07, 6.45) is -0.629. The Hall–Kier alpha value is -2.20. The van der Waals surface area contributed by atoms with E-state index < -0.39 is 6.10 Å². The number of hydrogen-bond acceptors (Lipinski definition) is 3. The molecule has 1 fully saturated rings. The van der Waals surface area contributed by atoms with Gasteiger partial charge in [0.2, 0.25) is 11.8 Å². The molecule has 1 heterocycles. The molecule has 2 atom stereocenters. The number of nitrogens with zero attached hydrogens (tertiary/aromatic N) is 1. The first-order chi connectivity index (χ1) is 10.1. The molecule has 0 bridgehead atoms. The maximum atomic E-state index is 11.9. The van der Waals surface area contributed by atoms with E-state index in [1.807, 2.05) is 42.5 Å². The molecular formula is C17H17NO3. The van der Waals surface area contributed by atoms with Crippen molar-refractivity contribution in [2.75, 3.05) is 6.54 Å². The van der Waals surface area contributed by atoms with Crippen LogP contribution in [0, 0.1) is 5.92 Å². The average molecular weight is 283 g/mol. The zero-order chi connectivity index (χ0) is 15.0. The minimum Gasteiger partial charge on any atom is -0.387 e. The minimum absolute atomic E-state index is 0.0238. The van der Waals surface area contributed by atoms with E-state index >= 15 is 0 Å². The van der Waals surface area contributed by atoms with Crippen molar-refractivity contribution in [1.82, 2.24) is 4.90 Å². The molecule has 0 spiro atoms. The van der Waals surface area contributed by atoms with Crippen LogP contribution in [-0.2, 0) is 9.59 Å². The van der Waals surface area contributed by atoms with E-state index in [-0.39, 0.29) is 30.7 Å². The number of aliphatic hydroxyl groups excluding tert-OH is 1. The Bertz CT molecular complexity index is 705. The molecule has 4 heteroatoms. The van der Waals surface area contributed by atoms with E-state index in [1.54, 1.807) is 6.92 Å². The van der Waals surface area contributed by atoms with Gasteiger partial charge in [-0.25, -0.2) is 0 Å². The normalized spacial score (nSPS) is 20.3. The fourth-order valence-electron chi connectivity index (χ4n) is 2.85. The van der Waals surface area contributed by atoms with Crippen molar-refractivity contribution in [2.45, 2.75) is 19.4 Å². The van der Waals surface area contributed by atoms with Crippen LogP contribution in [0.2, 0.25) is 0 Å². The van der Waals surface area contributed by atoms with Gasteiger partial charge in [-0.1, -0.05) is 49.4 Å². The summed E-state index contributed by atoms with van der Waals surface area (Å²) >= 11 is 0. The third kappa shape index (κ3) is 2.43. The Morgan fingerprint density at radius 2 is 1.90 bits per heavy atom. The van der Waals surface area contributed by atoms with E-state index in [2.05, 4.69) is 0 Å². The van der Waals surface area contributed by atoms with Crippen LogP contribution in [0.4, 0.5) is 0 Å². The molecular weight excluding hydrogens is 266 g/mol. The van der Waals surface area contributed by atoms with Crippen LogP contribution in [0.3, 0.4) is 0 Å². The number of carbonyl (C=O) groups is 2. The van der Waals surface area contributed by atoms with Crippen LogP contribution in [-0.4, -0.2) is 28.4 Å². The van der Waals surface area contributed by atoms with Gasteiger partial charge in [0.15, 0.2) is 0 Å². The second kappa shape index (κ2) is 5.30. The maximum absolute atomic E-state index is 11.9. The van der Waals surface area contributed by atoms with Gasteiger partial charge in [0.05, 0.1) is 12.6 Å². The molecule has 1 saturated heterocycles. The van der Waals surface area contributed by atoms with Crippen LogP contribution in [0.1, 0.15) is 25.0 Å². The number of β-amino-alcohol motifs (C(OH)–C–C–N with tert-alkyl or cyclic N) is 1. The molecule has 1 N–H and O–H groups in total. The maximum Gasteiger partial charge on any atom is 0.232 e. The number of benzene rings is 2. The van der Waals surface area contributed by atoms with Crippen LogP contribution in [0.15, 0.2) is 42.5 Å². The first kappa shape index (κ1) is 13.8. The molecule has 0 saturated carbocycles. The second-order valence-electron chi connectivity index (χ2n) is 5.53. The molecule has 1 aliphatic heterocycles. The number of hydrogen-bond donors (Lipinski definition) is 1. The summed E-state index contributed by atoms with van der Waals surface area (Å²) in [5.74, 6) is -0.678. The Morgan fingerprint density at radius 3 is 2.62 bits per heavy atom. The standard InChI is InChI=1S/C17H17NO3/c1-11-9-16(20)18(17(11)21)10-15(19)14-8-4-6-12-5-2-3-7-13(12)14/h2-8,11,15,19H,9-10H2,1H3. The fourth-order valence-corrected chi connectivity index (χ4v) is 2.85. The van der Waals surface area contributed by atoms with E-state index in [0.717, 1.165) is 16.3 Å². The Balaban J connectivity index is 1.89. The lowest BCUT2D eigenvalue weighted by molar-refractivity contribution is -0.140. The summed E-state index contributed by atoms with van der Waals surface area (Å²) in [5.41, 5.74) is 0.744. The quantitative estimate of drug-likeness (QED) is 0.879. The van der Waals surface area contributed by atoms with Crippen LogP contribution < -0.4 is 0 Å². The fraction of sp³-hybridized carbons (Fsp3) is 0.294. The predicted molar refractivity (Wildman–Crippen MR) is 79.4 cm³/mol. The average Bonchev–Trinajstić information content (AvgIpc) is 2.73. The third-order valence-corrected chi connectivity index (χ3v) is 4.01. The Kier molecular flexibility index (Phi) is 3.47. The Morgan fingerprint density at radius 1 is 1.19 bits per heavy atom. The molecule has 0 aliphatic carbocycles. The van der Waals surface area contributed by atoms with Gasteiger partial charge in [0.25, 0.3) is 0 Å². The summed E-state index contributed by atoms with van der Waals surface area (Å²) in [6.45, 7) is 1.76. The molecule has 4 nitrogen and oxygen atoms in total. The number of rotatable bonds is 3. The van der Waals surface area contributed by atoms with Gasteiger partial charge in [-0.15, -0.1) is 0 Å². The first-order valence-electron chi connectivity index (χ1n) is 7.08. The van der Waals surface area contributed by atoms with Crippen LogP contribution in [0.5, 0.6) is 0 Å². The van der Waals surface area contributed by atoms with Gasteiger partial charge in [-0.05, 0) is 16.3 Å².